The van der Waals surface area contributed by atoms with Crippen molar-refractivity contribution >= 4 is 11.9 Å². The smallest absolute Gasteiger partial charge is 0.306 e. The van der Waals surface area contributed by atoms with E-state index in [2.05, 4.69) is 74.6 Å². The summed E-state index contributed by atoms with van der Waals surface area (Å²) in [6, 6.07) is 0. The number of aliphatic hydroxyl groups excluding tert-OH is 1. The van der Waals surface area contributed by atoms with E-state index in [1.165, 1.54) is 77.0 Å². The van der Waals surface area contributed by atoms with Gasteiger partial charge in [-0.2, -0.15) is 0 Å². The molecule has 0 aromatic carbocycles. The molecule has 0 fully saturated rings. The van der Waals surface area contributed by atoms with Gasteiger partial charge >= 0.3 is 11.9 Å². The lowest BCUT2D eigenvalue weighted by molar-refractivity contribution is -0.161. The highest BCUT2D eigenvalue weighted by molar-refractivity contribution is 5.70. The van der Waals surface area contributed by atoms with Crippen LogP contribution in [0.2, 0.25) is 0 Å². The fourth-order valence-electron chi connectivity index (χ4n) is 5.30. The third kappa shape index (κ3) is 36.4. The predicted octanol–water partition coefficient (Wildman–Crippen LogP) is 12.4. The van der Waals surface area contributed by atoms with Crippen molar-refractivity contribution in [2.24, 2.45) is 0 Å². The van der Waals surface area contributed by atoms with Gasteiger partial charge in [0, 0.05) is 12.8 Å². The summed E-state index contributed by atoms with van der Waals surface area (Å²) in [5.41, 5.74) is 0. The van der Waals surface area contributed by atoms with E-state index < -0.39 is 6.10 Å². The topological polar surface area (TPSA) is 72.8 Å². The zero-order valence-electron chi connectivity index (χ0n) is 31.2. The second kappa shape index (κ2) is 39.0. The van der Waals surface area contributed by atoms with Crippen LogP contribution in [0.4, 0.5) is 0 Å². The number of unbranched alkanes of at least 4 members (excludes halogenated alkanes) is 17. The minimum atomic E-state index is -0.785. The number of rotatable bonds is 35. The Morgan fingerprint density at radius 3 is 1.38 bits per heavy atom. The zero-order valence-corrected chi connectivity index (χ0v) is 31.2. The molecule has 0 aromatic heterocycles. The molecule has 0 heterocycles. The van der Waals surface area contributed by atoms with Crippen molar-refractivity contribution < 1.29 is 24.2 Å². The first-order valence-electron chi connectivity index (χ1n) is 19.8. The molecule has 1 N–H and O–H groups in total. The summed E-state index contributed by atoms with van der Waals surface area (Å²) >= 11 is 0. The van der Waals surface area contributed by atoms with Crippen LogP contribution in [-0.2, 0) is 19.1 Å². The number of esters is 2. The molecule has 5 nitrogen and oxygen atoms in total. The van der Waals surface area contributed by atoms with Gasteiger partial charge in [-0.3, -0.25) is 9.59 Å². The summed E-state index contributed by atoms with van der Waals surface area (Å²) in [5.74, 6) is -0.626. The van der Waals surface area contributed by atoms with Gasteiger partial charge in [0.2, 0.25) is 0 Å². The van der Waals surface area contributed by atoms with E-state index >= 15 is 0 Å². The highest BCUT2D eigenvalue weighted by Crippen LogP contribution is 2.12. The fraction of sp³-hybridized carbons (Fsp3) is 0.721. The Balaban J connectivity index is 3.62. The van der Waals surface area contributed by atoms with Crippen molar-refractivity contribution in [1.29, 1.82) is 0 Å². The Bertz CT molecular complexity index is 853. The monoisotopic (exact) mass is 671 g/mol. The molecule has 48 heavy (non-hydrogen) atoms. The van der Waals surface area contributed by atoms with Crippen LogP contribution >= 0.6 is 0 Å². The highest BCUT2D eigenvalue weighted by atomic mass is 16.6. The van der Waals surface area contributed by atoms with Crippen molar-refractivity contribution in [1.82, 2.24) is 0 Å². The number of hydrogen-bond donors (Lipinski definition) is 1. The van der Waals surface area contributed by atoms with E-state index in [0.29, 0.717) is 12.8 Å². The molecule has 0 aromatic rings. The van der Waals surface area contributed by atoms with Crippen LogP contribution in [-0.4, -0.2) is 36.4 Å². The molecule has 0 aliphatic heterocycles. The van der Waals surface area contributed by atoms with Crippen LogP contribution in [0.1, 0.15) is 181 Å². The lowest BCUT2D eigenvalue weighted by Gasteiger charge is -2.15. The molecule has 0 aliphatic carbocycles. The van der Waals surface area contributed by atoms with Gasteiger partial charge in [-0.1, -0.05) is 152 Å². The Morgan fingerprint density at radius 1 is 0.500 bits per heavy atom. The summed E-state index contributed by atoms with van der Waals surface area (Å²) in [6.45, 7) is 3.99. The predicted molar refractivity (Wildman–Crippen MR) is 205 cm³/mol. The average Bonchev–Trinajstić information content (AvgIpc) is 3.09. The summed E-state index contributed by atoms with van der Waals surface area (Å²) < 4.78 is 10.6. The Kier molecular flexibility index (Phi) is 37.1. The SMILES string of the molecule is CC/C=C\C/C=C\C/C=C\C/C=C\CCCCCCC(=O)OC[C@H](CO)OC(=O)CCCCCCCCC/C=C\CCCCCCCC. The van der Waals surface area contributed by atoms with Crippen LogP contribution in [0, 0.1) is 0 Å². The number of carbonyl (C=O) groups is 2. The van der Waals surface area contributed by atoms with Crippen molar-refractivity contribution in [2.45, 2.75) is 187 Å². The normalized spacial score (nSPS) is 12.8. The molecule has 0 rings (SSSR count). The zero-order chi connectivity index (χ0) is 35.0. The van der Waals surface area contributed by atoms with Gasteiger partial charge in [0.25, 0.3) is 0 Å². The Labute approximate surface area is 296 Å². The summed E-state index contributed by atoms with van der Waals surface area (Å²) in [6.07, 6.45) is 49.9. The van der Waals surface area contributed by atoms with Gasteiger partial charge in [-0.15, -0.1) is 0 Å². The number of carbonyl (C=O) groups excluding carboxylic acids is 2. The van der Waals surface area contributed by atoms with Crippen molar-refractivity contribution in [3.8, 4) is 0 Å². The molecule has 5 heteroatoms. The highest BCUT2D eigenvalue weighted by Gasteiger charge is 2.16. The standard InChI is InChI=1S/C43H74O5/c1-3-5-7-9-11-13-15-17-19-21-23-25-27-29-31-33-35-37-42(45)47-40-41(39-44)48-43(46)38-36-34-32-30-28-26-24-22-20-18-16-14-12-10-8-6-4-2/h5,7,11,13,17-20,23,25,41,44H,3-4,6,8-10,12,14-16,21-22,24,26-40H2,1-2H3/b7-5-,13-11-,19-17-,20-18-,25-23-/t41-/m0/s1. The molecule has 0 aliphatic rings. The van der Waals surface area contributed by atoms with Crippen LogP contribution in [0.25, 0.3) is 0 Å². The van der Waals surface area contributed by atoms with Crippen LogP contribution in [0.3, 0.4) is 0 Å². The number of ether oxygens (including phenoxy) is 2. The summed E-state index contributed by atoms with van der Waals surface area (Å²) in [5, 5.41) is 9.55. The van der Waals surface area contributed by atoms with Crippen molar-refractivity contribution in [2.75, 3.05) is 13.2 Å². The van der Waals surface area contributed by atoms with E-state index in [9.17, 15) is 14.7 Å². The third-order valence-corrected chi connectivity index (χ3v) is 8.30. The molecular weight excluding hydrogens is 596 g/mol. The second-order valence-corrected chi connectivity index (χ2v) is 13.0. The quantitative estimate of drug-likeness (QED) is 0.0413. The number of aliphatic hydroxyl groups is 1. The van der Waals surface area contributed by atoms with Gasteiger partial charge in [0.15, 0.2) is 6.10 Å². The molecule has 0 saturated carbocycles. The van der Waals surface area contributed by atoms with Gasteiger partial charge in [0.1, 0.15) is 6.61 Å². The summed E-state index contributed by atoms with van der Waals surface area (Å²) in [4.78, 5) is 24.3. The van der Waals surface area contributed by atoms with Crippen molar-refractivity contribution in [3.05, 3.63) is 60.8 Å². The molecule has 1 atom stereocenters. The molecule has 0 saturated heterocycles. The maximum absolute atomic E-state index is 12.2. The van der Waals surface area contributed by atoms with Crippen LogP contribution in [0.5, 0.6) is 0 Å². The Hall–Kier alpha value is -2.40. The first-order valence-corrected chi connectivity index (χ1v) is 19.8. The lowest BCUT2D eigenvalue weighted by Crippen LogP contribution is -2.28. The van der Waals surface area contributed by atoms with E-state index in [4.69, 9.17) is 9.47 Å². The van der Waals surface area contributed by atoms with Gasteiger partial charge < -0.3 is 14.6 Å². The van der Waals surface area contributed by atoms with Crippen LogP contribution < -0.4 is 0 Å². The van der Waals surface area contributed by atoms with E-state index in [0.717, 1.165) is 77.0 Å². The van der Waals surface area contributed by atoms with Gasteiger partial charge in [0.05, 0.1) is 6.61 Å². The maximum Gasteiger partial charge on any atom is 0.306 e. The van der Waals surface area contributed by atoms with E-state index in [1.54, 1.807) is 0 Å². The maximum atomic E-state index is 12.2. The molecule has 276 valence electrons. The van der Waals surface area contributed by atoms with Gasteiger partial charge in [-0.25, -0.2) is 0 Å². The van der Waals surface area contributed by atoms with E-state index in [-0.39, 0.29) is 25.2 Å². The third-order valence-electron chi connectivity index (χ3n) is 8.30. The fourth-order valence-corrected chi connectivity index (χ4v) is 5.30. The molecule has 0 amide bonds. The number of hydrogen-bond acceptors (Lipinski definition) is 5. The average molecular weight is 671 g/mol. The first kappa shape index (κ1) is 45.6. The lowest BCUT2D eigenvalue weighted by atomic mass is 10.1. The van der Waals surface area contributed by atoms with Crippen molar-refractivity contribution in [3.63, 3.8) is 0 Å². The Morgan fingerprint density at radius 2 is 0.896 bits per heavy atom. The molecular formula is C43H74O5. The number of allylic oxidation sites excluding steroid dienone is 10. The molecule has 0 unspecified atom stereocenters. The molecule has 0 bridgehead atoms. The largest absolute Gasteiger partial charge is 0.462 e. The minimum Gasteiger partial charge on any atom is -0.462 e. The second-order valence-electron chi connectivity index (χ2n) is 13.0. The molecule has 0 spiro atoms. The minimum absolute atomic E-state index is 0.0822. The van der Waals surface area contributed by atoms with Gasteiger partial charge in [-0.05, 0) is 77.0 Å². The summed E-state index contributed by atoms with van der Waals surface area (Å²) in [7, 11) is 0. The molecule has 0 radical (unpaired) electrons. The van der Waals surface area contributed by atoms with E-state index in [1.807, 2.05) is 0 Å². The first-order chi connectivity index (χ1) is 23.6. The van der Waals surface area contributed by atoms with Crippen LogP contribution in [0.15, 0.2) is 60.8 Å².